The molecular formula is C16H29F3N4. The summed E-state index contributed by atoms with van der Waals surface area (Å²) in [7, 11) is 1.74. The van der Waals surface area contributed by atoms with Crippen LogP contribution in [0, 0.1) is 11.3 Å². The summed E-state index contributed by atoms with van der Waals surface area (Å²) >= 11 is 0. The maximum absolute atomic E-state index is 12.4. The van der Waals surface area contributed by atoms with E-state index in [4.69, 9.17) is 0 Å². The van der Waals surface area contributed by atoms with Crippen molar-refractivity contribution in [3.05, 3.63) is 0 Å². The van der Waals surface area contributed by atoms with Gasteiger partial charge in [0, 0.05) is 26.7 Å². The van der Waals surface area contributed by atoms with Crippen LogP contribution in [-0.4, -0.2) is 56.8 Å². The van der Waals surface area contributed by atoms with Gasteiger partial charge in [0.25, 0.3) is 0 Å². The Kier molecular flexibility index (Phi) is 6.17. The van der Waals surface area contributed by atoms with E-state index in [1.165, 1.54) is 30.6 Å². The van der Waals surface area contributed by atoms with Crippen LogP contribution in [0.3, 0.4) is 0 Å². The summed E-state index contributed by atoms with van der Waals surface area (Å²) in [6.45, 7) is 4.06. The molecule has 2 fully saturated rings. The molecule has 4 nitrogen and oxygen atoms in total. The van der Waals surface area contributed by atoms with Crippen LogP contribution in [0.2, 0.25) is 0 Å². The molecule has 1 aliphatic carbocycles. The zero-order chi connectivity index (χ0) is 16.9. The lowest BCUT2D eigenvalue weighted by atomic mass is 9.67. The Hall–Kier alpha value is -0.980. The van der Waals surface area contributed by atoms with Crippen LogP contribution in [0.25, 0.3) is 0 Å². The fourth-order valence-electron chi connectivity index (χ4n) is 3.54. The van der Waals surface area contributed by atoms with E-state index < -0.39 is 12.7 Å². The van der Waals surface area contributed by atoms with Crippen LogP contribution in [0.4, 0.5) is 13.2 Å². The summed E-state index contributed by atoms with van der Waals surface area (Å²) in [6.07, 6.45) is 1.71. The van der Waals surface area contributed by atoms with Crippen molar-refractivity contribution in [3.63, 3.8) is 0 Å². The van der Waals surface area contributed by atoms with Crippen molar-refractivity contribution in [2.24, 2.45) is 16.3 Å². The van der Waals surface area contributed by atoms with Crippen molar-refractivity contribution in [2.45, 2.75) is 45.2 Å². The third kappa shape index (κ3) is 5.55. The van der Waals surface area contributed by atoms with Crippen LogP contribution >= 0.6 is 0 Å². The number of alkyl halides is 3. The monoisotopic (exact) mass is 334 g/mol. The number of hydrogen-bond donors (Lipinski definition) is 2. The van der Waals surface area contributed by atoms with Gasteiger partial charge in [-0.15, -0.1) is 0 Å². The van der Waals surface area contributed by atoms with E-state index in [0.29, 0.717) is 25.0 Å². The Labute approximate surface area is 136 Å². The molecule has 134 valence electrons. The lowest BCUT2D eigenvalue weighted by Crippen LogP contribution is -2.47. The maximum Gasteiger partial charge on any atom is 0.401 e. The highest BCUT2D eigenvalue weighted by Gasteiger charge is 2.35. The number of aliphatic imine (C=N–C) groups is 1. The number of rotatable bonds is 6. The highest BCUT2D eigenvalue weighted by Crippen LogP contribution is 2.42. The minimum atomic E-state index is -4.10. The van der Waals surface area contributed by atoms with E-state index in [1.54, 1.807) is 7.05 Å². The number of nitrogens with zero attached hydrogens (tertiary/aromatic N) is 2. The van der Waals surface area contributed by atoms with Gasteiger partial charge in [-0.1, -0.05) is 13.3 Å². The zero-order valence-corrected chi connectivity index (χ0v) is 14.2. The number of guanidine groups is 1. The summed E-state index contributed by atoms with van der Waals surface area (Å²) < 4.78 is 37.2. The minimum absolute atomic E-state index is 0.250. The number of nitrogens with one attached hydrogen (secondary N) is 2. The number of halogens is 3. The van der Waals surface area contributed by atoms with Crippen LogP contribution < -0.4 is 10.6 Å². The van der Waals surface area contributed by atoms with E-state index in [9.17, 15) is 13.2 Å². The van der Waals surface area contributed by atoms with Crippen LogP contribution in [0.1, 0.15) is 39.0 Å². The normalized spacial score (nSPS) is 25.3. The number of hydrogen-bond acceptors (Lipinski definition) is 2. The molecule has 2 N–H and O–H groups in total. The van der Waals surface area contributed by atoms with Gasteiger partial charge in [-0.05, 0) is 43.6 Å². The standard InChI is InChI=1S/C16H29F3N4/c1-3-15(6-4-7-15)11-22-14(20-2)21-9-13-5-8-23(10-13)12-16(17,18)19/h13H,3-12H2,1-2H3,(H2,20,21,22). The maximum atomic E-state index is 12.4. The molecule has 7 heteroatoms. The van der Waals surface area contributed by atoms with Gasteiger partial charge in [-0.3, -0.25) is 9.89 Å². The third-order valence-electron chi connectivity index (χ3n) is 5.35. The molecule has 0 bridgehead atoms. The summed E-state index contributed by atoms with van der Waals surface area (Å²) in [4.78, 5) is 5.71. The van der Waals surface area contributed by atoms with E-state index in [0.717, 1.165) is 18.9 Å². The molecule has 2 aliphatic rings. The average molecular weight is 334 g/mol. The van der Waals surface area contributed by atoms with Crippen LogP contribution in [0.5, 0.6) is 0 Å². The largest absolute Gasteiger partial charge is 0.401 e. The summed E-state index contributed by atoms with van der Waals surface area (Å²) in [5.74, 6) is 1.01. The Balaban J connectivity index is 1.68. The Morgan fingerprint density at radius 3 is 2.57 bits per heavy atom. The Bertz CT molecular complexity index is 399. The fourth-order valence-corrected chi connectivity index (χ4v) is 3.54. The summed E-state index contributed by atoms with van der Waals surface area (Å²) in [5, 5.41) is 6.65. The van der Waals surface area contributed by atoms with Crippen LogP contribution in [-0.2, 0) is 0 Å². The van der Waals surface area contributed by atoms with Gasteiger partial charge in [0.1, 0.15) is 0 Å². The molecule has 23 heavy (non-hydrogen) atoms. The highest BCUT2D eigenvalue weighted by atomic mass is 19.4. The lowest BCUT2D eigenvalue weighted by Gasteiger charge is -2.41. The van der Waals surface area contributed by atoms with Crippen molar-refractivity contribution in [1.82, 2.24) is 15.5 Å². The van der Waals surface area contributed by atoms with Crippen LogP contribution in [0.15, 0.2) is 4.99 Å². The molecule has 0 aromatic rings. The predicted octanol–water partition coefficient (Wildman–Crippen LogP) is 2.62. The predicted molar refractivity (Wildman–Crippen MR) is 86.5 cm³/mol. The van der Waals surface area contributed by atoms with Gasteiger partial charge in [0.15, 0.2) is 5.96 Å². The molecule has 1 saturated carbocycles. The second kappa shape index (κ2) is 7.73. The third-order valence-corrected chi connectivity index (χ3v) is 5.35. The summed E-state index contributed by atoms with van der Waals surface area (Å²) in [5.41, 5.74) is 0.411. The molecule has 0 aromatic heterocycles. The van der Waals surface area contributed by atoms with E-state index >= 15 is 0 Å². The van der Waals surface area contributed by atoms with Crippen molar-refractivity contribution >= 4 is 5.96 Å². The van der Waals surface area contributed by atoms with Gasteiger partial charge in [-0.2, -0.15) is 13.2 Å². The Morgan fingerprint density at radius 1 is 1.30 bits per heavy atom. The van der Waals surface area contributed by atoms with Gasteiger partial charge < -0.3 is 10.6 Å². The molecule has 1 aliphatic heterocycles. The topological polar surface area (TPSA) is 39.7 Å². The molecule has 1 heterocycles. The first kappa shape index (κ1) is 18.4. The van der Waals surface area contributed by atoms with Crippen molar-refractivity contribution in [1.29, 1.82) is 0 Å². The molecular weight excluding hydrogens is 305 g/mol. The molecule has 0 aromatic carbocycles. The first-order valence-electron chi connectivity index (χ1n) is 8.59. The van der Waals surface area contributed by atoms with Gasteiger partial charge >= 0.3 is 6.18 Å². The molecule has 1 unspecified atom stereocenters. The molecule has 0 amide bonds. The van der Waals surface area contributed by atoms with Gasteiger partial charge in [-0.25, -0.2) is 0 Å². The SMILES string of the molecule is CCC1(CNC(=NC)NCC2CCN(CC(F)(F)F)C2)CCC1. The quantitative estimate of drug-likeness (QED) is 0.579. The van der Waals surface area contributed by atoms with Gasteiger partial charge in [0.05, 0.1) is 6.54 Å². The summed E-state index contributed by atoms with van der Waals surface area (Å²) in [6, 6.07) is 0. The average Bonchev–Trinajstić information content (AvgIpc) is 2.86. The van der Waals surface area contributed by atoms with Crippen molar-refractivity contribution in [2.75, 3.05) is 39.8 Å². The van der Waals surface area contributed by atoms with E-state index in [2.05, 4.69) is 22.5 Å². The Morgan fingerprint density at radius 2 is 2.04 bits per heavy atom. The highest BCUT2D eigenvalue weighted by molar-refractivity contribution is 5.79. The first-order valence-corrected chi connectivity index (χ1v) is 8.59. The molecule has 2 rings (SSSR count). The minimum Gasteiger partial charge on any atom is -0.356 e. The van der Waals surface area contributed by atoms with Crippen molar-refractivity contribution in [3.8, 4) is 0 Å². The first-order chi connectivity index (χ1) is 10.9. The second-order valence-corrected chi connectivity index (χ2v) is 7.02. The van der Waals surface area contributed by atoms with Gasteiger partial charge in [0.2, 0.25) is 0 Å². The fraction of sp³-hybridized carbons (Fsp3) is 0.938. The van der Waals surface area contributed by atoms with Crippen molar-refractivity contribution < 1.29 is 13.2 Å². The lowest BCUT2D eigenvalue weighted by molar-refractivity contribution is -0.143. The molecule has 0 radical (unpaired) electrons. The number of likely N-dealkylation sites (tertiary alicyclic amines) is 1. The van der Waals surface area contributed by atoms with E-state index in [-0.39, 0.29) is 5.92 Å². The second-order valence-electron chi connectivity index (χ2n) is 7.02. The zero-order valence-electron chi connectivity index (χ0n) is 14.2. The molecule has 1 atom stereocenters. The smallest absolute Gasteiger partial charge is 0.356 e. The van der Waals surface area contributed by atoms with E-state index in [1.807, 2.05) is 0 Å². The molecule has 1 saturated heterocycles. The molecule has 0 spiro atoms.